The lowest BCUT2D eigenvalue weighted by atomic mass is 10.1. The highest BCUT2D eigenvalue weighted by molar-refractivity contribution is 7.98. The van der Waals surface area contributed by atoms with Gasteiger partial charge in [0.05, 0.1) is 34.0 Å². The molecule has 1 amide bonds. The van der Waals surface area contributed by atoms with E-state index in [4.69, 9.17) is 10.00 Å². The van der Waals surface area contributed by atoms with Crippen molar-refractivity contribution in [2.45, 2.75) is 13.5 Å². The molecule has 0 bridgehead atoms. The lowest BCUT2D eigenvalue weighted by molar-refractivity contribution is 0.0526. The summed E-state index contributed by atoms with van der Waals surface area (Å²) in [6.45, 7) is 2.78. The van der Waals surface area contributed by atoms with Gasteiger partial charge in [-0.1, -0.05) is 11.3 Å². The number of amides is 1. The van der Waals surface area contributed by atoms with E-state index in [9.17, 15) is 9.59 Å². The first-order valence-corrected chi connectivity index (χ1v) is 11.2. The van der Waals surface area contributed by atoms with Crippen molar-refractivity contribution in [2.75, 3.05) is 18.6 Å². The van der Waals surface area contributed by atoms with E-state index >= 15 is 0 Å². The monoisotopic (exact) mass is 425 g/mol. The minimum absolute atomic E-state index is 0.314. The van der Waals surface area contributed by atoms with Gasteiger partial charge in [-0.15, -0.1) is 0 Å². The van der Waals surface area contributed by atoms with Gasteiger partial charge in [-0.3, -0.25) is 4.79 Å². The predicted octanol–water partition coefficient (Wildman–Crippen LogP) is 3.86. The van der Waals surface area contributed by atoms with Crippen LogP contribution in [0.15, 0.2) is 47.5 Å². The number of carbonyl (C=O) groups excluding carboxylic acids is 2. The Labute approximate surface area is 176 Å². The van der Waals surface area contributed by atoms with Crippen molar-refractivity contribution in [3.63, 3.8) is 0 Å². The summed E-state index contributed by atoms with van der Waals surface area (Å²) in [6, 6.07) is 13.8. The van der Waals surface area contributed by atoms with Crippen molar-refractivity contribution in [3.05, 3.63) is 64.0 Å². The normalized spacial score (nSPS) is 11.4. The number of fused-ring (bicyclic) bond motifs is 1. The Morgan fingerprint density at radius 1 is 1.21 bits per heavy atom. The first-order chi connectivity index (χ1) is 14.1. The number of aryl methyl sites for hydroxylation is 1. The molecule has 0 atom stereocenters. The van der Waals surface area contributed by atoms with Crippen LogP contribution in [0.3, 0.4) is 0 Å². The van der Waals surface area contributed by atoms with Gasteiger partial charge in [-0.2, -0.15) is 22.0 Å². The van der Waals surface area contributed by atoms with Crippen LogP contribution < -0.4 is 4.80 Å². The zero-order chi connectivity index (χ0) is 20.8. The second-order valence-corrected chi connectivity index (χ2v) is 8.03. The van der Waals surface area contributed by atoms with Gasteiger partial charge >= 0.3 is 5.97 Å². The van der Waals surface area contributed by atoms with E-state index < -0.39 is 0 Å². The largest absolute Gasteiger partial charge is 0.462 e. The van der Waals surface area contributed by atoms with Crippen molar-refractivity contribution in [2.24, 2.45) is 4.99 Å². The van der Waals surface area contributed by atoms with Crippen LogP contribution in [0.25, 0.3) is 10.2 Å². The molecule has 6 nitrogen and oxygen atoms in total. The Bertz CT molecular complexity index is 1150. The van der Waals surface area contributed by atoms with Crippen LogP contribution in [-0.2, 0) is 11.3 Å². The topological polar surface area (TPSA) is 84.4 Å². The first-order valence-electron chi connectivity index (χ1n) is 8.96. The minimum Gasteiger partial charge on any atom is -0.462 e. The fourth-order valence-corrected chi connectivity index (χ4v) is 4.20. The highest BCUT2D eigenvalue weighted by Gasteiger charge is 2.13. The molecule has 148 valence electrons. The van der Waals surface area contributed by atoms with E-state index in [0.717, 1.165) is 16.0 Å². The number of benzene rings is 2. The van der Waals surface area contributed by atoms with Gasteiger partial charge in [0.15, 0.2) is 4.80 Å². The summed E-state index contributed by atoms with van der Waals surface area (Å²) in [5.41, 5.74) is 2.31. The van der Waals surface area contributed by atoms with E-state index in [1.165, 1.54) is 11.3 Å². The second kappa shape index (κ2) is 9.54. The summed E-state index contributed by atoms with van der Waals surface area (Å²) in [6.07, 6.45) is 2.02. The van der Waals surface area contributed by atoms with Crippen molar-refractivity contribution < 1.29 is 14.3 Å². The van der Waals surface area contributed by atoms with Crippen LogP contribution in [0.4, 0.5) is 0 Å². The lowest BCUT2D eigenvalue weighted by Gasteiger charge is -2.05. The van der Waals surface area contributed by atoms with Crippen molar-refractivity contribution in [1.82, 2.24) is 4.57 Å². The van der Waals surface area contributed by atoms with Crippen LogP contribution in [0, 0.1) is 11.3 Å². The molecule has 0 aliphatic rings. The van der Waals surface area contributed by atoms with Crippen LogP contribution in [-0.4, -0.2) is 35.1 Å². The van der Waals surface area contributed by atoms with Gasteiger partial charge in [0.2, 0.25) is 0 Å². The second-order valence-electron chi connectivity index (χ2n) is 6.04. The lowest BCUT2D eigenvalue weighted by Crippen LogP contribution is -2.18. The molecular weight excluding hydrogens is 406 g/mol. The Balaban J connectivity index is 2.06. The first kappa shape index (κ1) is 20.8. The van der Waals surface area contributed by atoms with E-state index in [0.29, 0.717) is 34.6 Å². The number of hydrogen-bond acceptors (Lipinski definition) is 6. The Morgan fingerprint density at radius 3 is 2.59 bits per heavy atom. The van der Waals surface area contributed by atoms with Crippen molar-refractivity contribution >= 4 is 45.2 Å². The molecule has 0 N–H and O–H groups in total. The third-order valence-electron chi connectivity index (χ3n) is 4.17. The molecule has 3 aromatic rings. The van der Waals surface area contributed by atoms with E-state index in [2.05, 4.69) is 4.99 Å². The van der Waals surface area contributed by atoms with E-state index in [1.54, 1.807) is 55.1 Å². The molecule has 0 spiro atoms. The molecule has 2 aromatic carbocycles. The molecule has 1 aromatic heterocycles. The number of thiazole rings is 1. The number of nitriles is 1. The maximum absolute atomic E-state index is 12.6. The fourth-order valence-electron chi connectivity index (χ4n) is 2.74. The number of rotatable bonds is 6. The third kappa shape index (κ3) is 4.75. The Hall–Kier alpha value is -2.89. The third-order valence-corrected chi connectivity index (χ3v) is 5.80. The number of hydrogen-bond donors (Lipinski definition) is 0. The Morgan fingerprint density at radius 2 is 1.93 bits per heavy atom. The molecular formula is C21H19N3O3S2. The molecule has 0 aliphatic heterocycles. The zero-order valence-electron chi connectivity index (χ0n) is 16.0. The highest BCUT2D eigenvalue weighted by atomic mass is 32.2. The van der Waals surface area contributed by atoms with E-state index in [-0.39, 0.29) is 11.9 Å². The summed E-state index contributed by atoms with van der Waals surface area (Å²) in [7, 11) is 0. The van der Waals surface area contributed by atoms with Gasteiger partial charge in [0, 0.05) is 17.9 Å². The molecule has 29 heavy (non-hydrogen) atoms. The number of aromatic nitrogens is 1. The highest BCUT2D eigenvalue weighted by Crippen LogP contribution is 2.20. The fraction of sp³-hybridized carbons (Fsp3) is 0.238. The van der Waals surface area contributed by atoms with Crippen LogP contribution in [0.2, 0.25) is 0 Å². The predicted molar refractivity (Wildman–Crippen MR) is 115 cm³/mol. The smallest absolute Gasteiger partial charge is 0.338 e. The Kier molecular flexibility index (Phi) is 6.86. The summed E-state index contributed by atoms with van der Waals surface area (Å²) in [5.74, 6) is 0.124. The average molecular weight is 426 g/mol. The molecule has 0 radical (unpaired) electrons. The maximum Gasteiger partial charge on any atom is 0.338 e. The quantitative estimate of drug-likeness (QED) is 0.560. The molecule has 3 rings (SSSR count). The van der Waals surface area contributed by atoms with Crippen LogP contribution >= 0.6 is 23.1 Å². The van der Waals surface area contributed by atoms with Gasteiger partial charge < -0.3 is 9.30 Å². The summed E-state index contributed by atoms with van der Waals surface area (Å²) in [5, 5.41) is 8.90. The molecule has 1 heterocycles. The zero-order valence-corrected chi connectivity index (χ0v) is 17.7. The number of nitrogens with zero attached hydrogens (tertiary/aromatic N) is 3. The SMILES string of the molecule is CCOC(=O)c1ccc2c(c1)sc(=NC(=O)c1ccc(C#N)cc1)n2CCSC. The van der Waals surface area contributed by atoms with E-state index in [1.807, 2.05) is 23.0 Å². The molecule has 0 unspecified atom stereocenters. The summed E-state index contributed by atoms with van der Waals surface area (Å²) < 4.78 is 7.93. The average Bonchev–Trinajstić information content (AvgIpc) is 3.08. The summed E-state index contributed by atoms with van der Waals surface area (Å²) >= 11 is 3.06. The van der Waals surface area contributed by atoms with Crippen molar-refractivity contribution in [1.29, 1.82) is 5.26 Å². The van der Waals surface area contributed by atoms with Gasteiger partial charge in [-0.25, -0.2) is 4.79 Å². The molecule has 0 saturated heterocycles. The van der Waals surface area contributed by atoms with Crippen molar-refractivity contribution in [3.8, 4) is 6.07 Å². The van der Waals surface area contributed by atoms with Gasteiger partial charge in [-0.05, 0) is 55.6 Å². The van der Waals surface area contributed by atoms with Crippen LogP contribution in [0.1, 0.15) is 33.2 Å². The van der Waals surface area contributed by atoms with Gasteiger partial charge in [0.1, 0.15) is 0 Å². The number of ether oxygens (including phenoxy) is 1. The standard InChI is InChI=1S/C21H19N3O3S2/c1-3-27-20(26)16-8-9-17-18(12-16)29-21(24(17)10-11-28-2)23-19(25)15-6-4-14(13-22)5-7-15/h4-9,12H,3,10-11H2,1-2H3. The van der Waals surface area contributed by atoms with Crippen LogP contribution in [0.5, 0.6) is 0 Å². The molecule has 0 saturated carbocycles. The summed E-state index contributed by atoms with van der Waals surface area (Å²) in [4.78, 5) is 29.6. The molecule has 0 fully saturated rings. The number of esters is 1. The number of carbonyl (C=O) groups is 2. The maximum atomic E-state index is 12.6. The number of thioether (sulfide) groups is 1. The molecule has 0 aliphatic carbocycles. The van der Waals surface area contributed by atoms with Gasteiger partial charge in [0.25, 0.3) is 5.91 Å². The molecule has 8 heteroatoms. The minimum atomic E-state index is -0.371.